The number of ether oxygens (including phenoxy) is 1. The van der Waals surface area contributed by atoms with Gasteiger partial charge in [0, 0.05) is 17.5 Å². The second-order valence-corrected chi connectivity index (χ2v) is 5.76. The molecule has 0 atom stereocenters. The molecule has 0 aromatic heterocycles. The van der Waals surface area contributed by atoms with Crippen LogP contribution in [-0.4, -0.2) is 23.4 Å². The van der Waals surface area contributed by atoms with Gasteiger partial charge in [0.1, 0.15) is 5.69 Å². The van der Waals surface area contributed by atoms with Crippen LogP contribution in [0.15, 0.2) is 42.5 Å². The minimum absolute atomic E-state index is 0.0206. The number of nitrogens with zero attached hydrogens (tertiary/aromatic N) is 1. The maximum atomic E-state index is 12.1. The molecule has 0 bridgehead atoms. The van der Waals surface area contributed by atoms with Gasteiger partial charge in [0.15, 0.2) is 0 Å². The Morgan fingerprint density at radius 2 is 1.96 bits per heavy atom. The van der Waals surface area contributed by atoms with Crippen molar-refractivity contribution in [2.24, 2.45) is 0 Å². The monoisotopic (exact) mass is 376 g/mol. The minimum atomic E-state index is -0.660. The molecule has 0 fully saturated rings. The Morgan fingerprint density at radius 3 is 2.62 bits per heavy atom. The van der Waals surface area contributed by atoms with Crippen molar-refractivity contribution in [3.8, 4) is 0 Å². The predicted molar refractivity (Wildman–Crippen MR) is 97.5 cm³/mol. The molecule has 0 saturated heterocycles. The van der Waals surface area contributed by atoms with Crippen LogP contribution in [0, 0.1) is 10.1 Å². The Hall–Kier alpha value is -2.93. The average molecular weight is 377 g/mol. The number of hydrogen-bond acceptors (Lipinski definition) is 5. The molecule has 1 N–H and O–H groups in total. The molecule has 2 rings (SSSR count). The molecular weight excluding hydrogens is 360 g/mol. The summed E-state index contributed by atoms with van der Waals surface area (Å²) in [5, 5.41) is 14.3. The van der Waals surface area contributed by atoms with Crippen molar-refractivity contribution in [2.45, 2.75) is 19.8 Å². The number of aryl methyl sites for hydroxylation is 1. The van der Waals surface area contributed by atoms with E-state index in [1.54, 1.807) is 19.1 Å². The van der Waals surface area contributed by atoms with Gasteiger partial charge >= 0.3 is 5.97 Å². The molecule has 1 amide bonds. The van der Waals surface area contributed by atoms with E-state index in [-0.39, 0.29) is 30.0 Å². The quantitative estimate of drug-likeness (QED) is 0.447. The molecule has 26 heavy (non-hydrogen) atoms. The van der Waals surface area contributed by atoms with Gasteiger partial charge < -0.3 is 10.1 Å². The molecule has 8 heteroatoms. The van der Waals surface area contributed by atoms with Gasteiger partial charge in [0.2, 0.25) is 5.91 Å². The zero-order valence-corrected chi connectivity index (χ0v) is 14.8. The number of hydrogen-bond donors (Lipinski definition) is 1. The van der Waals surface area contributed by atoms with E-state index in [4.69, 9.17) is 16.3 Å². The van der Waals surface area contributed by atoms with Crippen LogP contribution in [0.1, 0.15) is 29.3 Å². The van der Waals surface area contributed by atoms with Crippen molar-refractivity contribution in [3.63, 3.8) is 0 Å². The van der Waals surface area contributed by atoms with E-state index in [0.717, 1.165) is 11.6 Å². The van der Waals surface area contributed by atoms with Gasteiger partial charge in [0.25, 0.3) is 5.69 Å². The smallest absolute Gasteiger partial charge is 0.338 e. The number of rotatable bonds is 7. The van der Waals surface area contributed by atoms with E-state index >= 15 is 0 Å². The normalized spacial score (nSPS) is 10.2. The maximum Gasteiger partial charge on any atom is 0.338 e. The zero-order valence-electron chi connectivity index (χ0n) is 14.0. The first-order valence-corrected chi connectivity index (χ1v) is 8.29. The number of nitrogens with one attached hydrogen (secondary N) is 1. The summed E-state index contributed by atoms with van der Waals surface area (Å²) >= 11 is 6.04. The van der Waals surface area contributed by atoms with Gasteiger partial charge in [-0.25, -0.2) is 4.79 Å². The molecule has 0 radical (unpaired) electrons. The largest absolute Gasteiger partial charge is 0.462 e. The summed E-state index contributed by atoms with van der Waals surface area (Å²) in [5.41, 5.74) is 0.512. The van der Waals surface area contributed by atoms with Crippen molar-refractivity contribution >= 4 is 34.9 Å². The number of amides is 1. The molecule has 7 nitrogen and oxygen atoms in total. The summed E-state index contributed by atoms with van der Waals surface area (Å²) in [6.07, 6.45) is 0.515. The lowest BCUT2D eigenvalue weighted by Gasteiger charge is -2.08. The van der Waals surface area contributed by atoms with Crippen molar-refractivity contribution in [1.29, 1.82) is 0 Å². The fraction of sp³-hybridized carbons (Fsp3) is 0.222. The fourth-order valence-corrected chi connectivity index (χ4v) is 2.52. The highest BCUT2D eigenvalue weighted by Crippen LogP contribution is 2.26. The van der Waals surface area contributed by atoms with Crippen LogP contribution in [0.3, 0.4) is 0 Å². The standard InChI is InChI=1S/C18H17ClN2O5/c1-2-26-18(23)13-7-9-15(16(11-13)21(24)25)20-17(22)10-8-12-5-3-4-6-14(12)19/h3-7,9,11H,2,8,10H2,1H3,(H,20,22). The molecule has 0 unspecified atom stereocenters. The second kappa shape index (κ2) is 8.96. The topological polar surface area (TPSA) is 98.5 Å². The second-order valence-electron chi connectivity index (χ2n) is 5.35. The number of halogens is 1. The van der Waals surface area contributed by atoms with E-state index in [2.05, 4.69) is 5.32 Å². The van der Waals surface area contributed by atoms with Crippen molar-refractivity contribution in [3.05, 3.63) is 68.7 Å². The summed E-state index contributed by atoms with van der Waals surface area (Å²) in [5.74, 6) is -1.05. The highest BCUT2D eigenvalue weighted by Gasteiger charge is 2.19. The van der Waals surface area contributed by atoms with Crippen LogP contribution in [0.5, 0.6) is 0 Å². The number of nitro benzene ring substituents is 1. The molecule has 136 valence electrons. The summed E-state index contributed by atoms with van der Waals surface area (Å²) in [4.78, 5) is 34.4. The molecule has 0 aliphatic heterocycles. The SMILES string of the molecule is CCOC(=O)c1ccc(NC(=O)CCc2ccccc2Cl)c([N+](=O)[O-])c1. The lowest BCUT2D eigenvalue weighted by molar-refractivity contribution is -0.384. The van der Waals surface area contributed by atoms with Crippen LogP contribution in [-0.2, 0) is 16.0 Å². The lowest BCUT2D eigenvalue weighted by Crippen LogP contribution is -2.14. The summed E-state index contributed by atoms with van der Waals surface area (Å²) in [7, 11) is 0. The van der Waals surface area contributed by atoms with Gasteiger partial charge in [-0.05, 0) is 37.1 Å². The Balaban J connectivity index is 2.10. The van der Waals surface area contributed by atoms with Crippen molar-refractivity contribution in [1.82, 2.24) is 0 Å². The molecular formula is C18H17ClN2O5. The summed E-state index contributed by atoms with van der Waals surface area (Å²) < 4.78 is 4.82. The minimum Gasteiger partial charge on any atom is -0.462 e. The number of esters is 1. The van der Waals surface area contributed by atoms with Crippen LogP contribution in [0.2, 0.25) is 5.02 Å². The number of anilines is 1. The van der Waals surface area contributed by atoms with Crippen LogP contribution >= 0.6 is 11.6 Å². The number of carbonyl (C=O) groups excluding carboxylic acids is 2. The molecule has 2 aromatic rings. The third kappa shape index (κ3) is 5.03. The van der Waals surface area contributed by atoms with Gasteiger partial charge in [0.05, 0.1) is 17.1 Å². The van der Waals surface area contributed by atoms with Crippen molar-refractivity contribution < 1.29 is 19.2 Å². The molecule has 0 spiro atoms. The van der Waals surface area contributed by atoms with E-state index in [0.29, 0.717) is 11.4 Å². The maximum absolute atomic E-state index is 12.1. The van der Waals surface area contributed by atoms with Crippen molar-refractivity contribution in [2.75, 3.05) is 11.9 Å². The third-order valence-electron chi connectivity index (χ3n) is 3.56. The van der Waals surface area contributed by atoms with Gasteiger partial charge in [-0.2, -0.15) is 0 Å². The Kier molecular flexibility index (Phi) is 6.68. The molecule has 0 heterocycles. The van der Waals surface area contributed by atoms with Gasteiger partial charge in [-0.1, -0.05) is 29.8 Å². The van der Waals surface area contributed by atoms with E-state index in [1.165, 1.54) is 12.1 Å². The lowest BCUT2D eigenvalue weighted by atomic mass is 10.1. The van der Waals surface area contributed by atoms with E-state index in [1.807, 2.05) is 12.1 Å². The van der Waals surface area contributed by atoms with Crippen LogP contribution in [0.4, 0.5) is 11.4 Å². The highest BCUT2D eigenvalue weighted by atomic mass is 35.5. The van der Waals surface area contributed by atoms with Gasteiger partial charge in [-0.3, -0.25) is 14.9 Å². The fourth-order valence-electron chi connectivity index (χ4n) is 2.29. The predicted octanol–water partition coefficient (Wildman–Crippen LogP) is 4.00. The number of carbonyl (C=O) groups is 2. The zero-order chi connectivity index (χ0) is 19.1. The molecule has 2 aromatic carbocycles. The Labute approximate surface area is 155 Å². The first kappa shape index (κ1) is 19.4. The summed E-state index contributed by atoms with van der Waals surface area (Å²) in [6, 6.07) is 10.9. The van der Waals surface area contributed by atoms with E-state index < -0.39 is 16.8 Å². The highest BCUT2D eigenvalue weighted by molar-refractivity contribution is 6.31. The van der Waals surface area contributed by atoms with Crippen LogP contribution in [0.25, 0.3) is 0 Å². The molecule has 0 aliphatic rings. The van der Waals surface area contributed by atoms with Gasteiger partial charge in [-0.15, -0.1) is 0 Å². The first-order chi connectivity index (χ1) is 12.4. The Morgan fingerprint density at radius 1 is 1.23 bits per heavy atom. The van der Waals surface area contributed by atoms with E-state index in [9.17, 15) is 19.7 Å². The average Bonchev–Trinajstić information content (AvgIpc) is 2.61. The number of nitro groups is 1. The molecule has 0 aliphatic carbocycles. The number of benzene rings is 2. The van der Waals surface area contributed by atoms with Crippen LogP contribution < -0.4 is 5.32 Å². The Bertz CT molecular complexity index is 838. The molecule has 0 saturated carbocycles. The first-order valence-electron chi connectivity index (χ1n) is 7.91. The third-order valence-corrected chi connectivity index (χ3v) is 3.93. The summed E-state index contributed by atoms with van der Waals surface area (Å²) in [6.45, 7) is 1.80.